The number of quaternary nitrogens is 1. The van der Waals surface area contributed by atoms with Gasteiger partial charge in [-0.1, -0.05) is 48.5 Å². The average Bonchev–Trinajstić information content (AvgIpc) is 2.56. The summed E-state index contributed by atoms with van der Waals surface area (Å²) in [5.41, 5.74) is 1.28. The SMILES string of the molecule is CCOP(=O)(OCC[N+](C)(C)Cc1ccccc1)c1ccccc1. The Hall–Kier alpha value is -1.45. The van der Waals surface area contributed by atoms with E-state index in [1.165, 1.54) is 5.56 Å². The first kappa shape index (κ1) is 18.9. The zero-order valence-corrected chi connectivity index (χ0v) is 15.6. The minimum absolute atomic E-state index is 0.356. The van der Waals surface area contributed by atoms with E-state index in [2.05, 4.69) is 26.2 Å². The molecule has 0 aliphatic heterocycles. The van der Waals surface area contributed by atoms with Gasteiger partial charge in [-0.15, -0.1) is 0 Å². The largest absolute Gasteiger partial charge is 0.361 e. The minimum Gasteiger partial charge on any atom is -0.323 e. The van der Waals surface area contributed by atoms with Crippen molar-refractivity contribution in [1.82, 2.24) is 0 Å². The molecule has 2 aromatic carbocycles. The summed E-state index contributed by atoms with van der Waals surface area (Å²) in [6, 6.07) is 19.5. The lowest BCUT2D eigenvalue weighted by Gasteiger charge is -2.30. The van der Waals surface area contributed by atoms with Crippen molar-refractivity contribution in [2.45, 2.75) is 13.5 Å². The molecule has 130 valence electrons. The van der Waals surface area contributed by atoms with Crippen molar-refractivity contribution in [3.8, 4) is 0 Å². The molecular formula is C19H27NO3P+. The smallest absolute Gasteiger partial charge is 0.323 e. The maximum absolute atomic E-state index is 13.0. The normalized spacial score (nSPS) is 14.3. The highest BCUT2D eigenvalue weighted by Crippen LogP contribution is 2.46. The fourth-order valence-corrected chi connectivity index (χ4v) is 4.10. The monoisotopic (exact) mass is 348 g/mol. The van der Waals surface area contributed by atoms with Crippen LogP contribution in [0, 0.1) is 0 Å². The summed E-state index contributed by atoms with van der Waals surface area (Å²) in [4.78, 5) is 0. The Bertz CT molecular complexity index is 659. The molecule has 2 aromatic rings. The first-order valence-electron chi connectivity index (χ1n) is 8.26. The Morgan fingerprint density at radius 2 is 1.50 bits per heavy atom. The van der Waals surface area contributed by atoms with E-state index in [1.54, 1.807) is 12.1 Å². The van der Waals surface area contributed by atoms with Crippen molar-refractivity contribution in [2.24, 2.45) is 0 Å². The van der Waals surface area contributed by atoms with Gasteiger partial charge in [0.15, 0.2) is 0 Å². The van der Waals surface area contributed by atoms with Gasteiger partial charge >= 0.3 is 7.60 Å². The topological polar surface area (TPSA) is 35.5 Å². The van der Waals surface area contributed by atoms with Gasteiger partial charge in [0, 0.05) is 5.56 Å². The molecule has 0 fully saturated rings. The van der Waals surface area contributed by atoms with Gasteiger partial charge in [0.05, 0.1) is 26.0 Å². The van der Waals surface area contributed by atoms with Gasteiger partial charge in [-0.05, 0) is 19.1 Å². The molecule has 0 bridgehead atoms. The third kappa shape index (κ3) is 5.57. The molecule has 0 amide bonds. The molecule has 24 heavy (non-hydrogen) atoms. The summed E-state index contributed by atoms with van der Waals surface area (Å²) in [7, 11) is 1.04. The van der Waals surface area contributed by atoms with Crippen LogP contribution in [0.15, 0.2) is 60.7 Å². The third-order valence-corrected chi connectivity index (χ3v) is 5.83. The molecule has 0 saturated carbocycles. The Morgan fingerprint density at radius 1 is 0.917 bits per heavy atom. The van der Waals surface area contributed by atoms with Gasteiger partial charge in [-0.25, -0.2) is 0 Å². The maximum atomic E-state index is 13.0. The Kier molecular flexibility index (Phi) is 6.76. The van der Waals surface area contributed by atoms with Crippen LogP contribution in [-0.2, 0) is 20.2 Å². The number of rotatable bonds is 9. The van der Waals surface area contributed by atoms with Gasteiger partial charge in [0.25, 0.3) is 0 Å². The number of benzene rings is 2. The highest BCUT2D eigenvalue weighted by atomic mass is 31.2. The van der Waals surface area contributed by atoms with Crippen molar-refractivity contribution in [2.75, 3.05) is 33.9 Å². The van der Waals surface area contributed by atoms with E-state index >= 15 is 0 Å². The molecule has 0 aromatic heterocycles. The third-order valence-electron chi connectivity index (χ3n) is 3.78. The Morgan fingerprint density at radius 3 is 2.08 bits per heavy atom. The average molecular weight is 348 g/mol. The van der Waals surface area contributed by atoms with Crippen molar-refractivity contribution >= 4 is 12.9 Å². The van der Waals surface area contributed by atoms with Crippen LogP contribution in [0.3, 0.4) is 0 Å². The van der Waals surface area contributed by atoms with E-state index in [0.29, 0.717) is 18.5 Å². The molecule has 1 atom stereocenters. The van der Waals surface area contributed by atoms with Crippen molar-refractivity contribution in [3.63, 3.8) is 0 Å². The zero-order valence-electron chi connectivity index (χ0n) is 14.7. The summed E-state index contributed by atoms with van der Waals surface area (Å²) < 4.78 is 25.0. The Balaban J connectivity index is 1.96. The van der Waals surface area contributed by atoms with Crippen LogP contribution in [0.2, 0.25) is 0 Å². The molecule has 2 rings (SSSR count). The van der Waals surface area contributed by atoms with Crippen LogP contribution < -0.4 is 5.30 Å². The maximum Gasteiger partial charge on any atom is 0.361 e. The number of likely N-dealkylation sites (N-methyl/N-ethyl adjacent to an activating group) is 1. The van der Waals surface area contributed by atoms with Gasteiger partial charge in [-0.3, -0.25) is 9.09 Å². The van der Waals surface area contributed by atoms with Gasteiger partial charge in [0.1, 0.15) is 19.7 Å². The fraction of sp³-hybridized carbons (Fsp3) is 0.368. The van der Waals surface area contributed by atoms with E-state index in [9.17, 15) is 4.57 Å². The molecule has 1 unspecified atom stereocenters. The van der Waals surface area contributed by atoms with Crippen LogP contribution in [0.5, 0.6) is 0 Å². The first-order valence-corrected chi connectivity index (χ1v) is 9.80. The summed E-state index contributed by atoms with van der Waals surface area (Å²) in [6.07, 6.45) is 0. The molecule has 0 N–H and O–H groups in total. The second-order valence-electron chi connectivity index (χ2n) is 6.39. The molecule has 4 nitrogen and oxygen atoms in total. The van der Waals surface area contributed by atoms with E-state index in [0.717, 1.165) is 17.6 Å². The van der Waals surface area contributed by atoms with Gasteiger partial charge in [0.2, 0.25) is 0 Å². The fourth-order valence-electron chi connectivity index (χ4n) is 2.53. The lowest BCUT2D eigenvalue weighted by Crippen LogP contribution is -2.41. The minimum atomic E-state index is -3.25. The van der Waals surface area contributed by atoms with Crippen molar-refractivity contribution < 1.29 is 18.1 Å². The lowest BCUT2D eigenvalue weighted by atomic mass is 10.2. The highest BCUT2D eigenvalue weighted by molar-refractivity contribution is 7.62. The van der Waals surface area contributed by atoms with Crippen LogP contribution >= 0.6 is 7.60 Å². The summed E-state index contributed by atoms with van der Waals surface area (Å²) in [5.74, 6) is 0. The molecule has 0 aliphatic rings. The second kappa shape index (κ2) is 8.59. The number of nitrogens with zero attached hydrogens (tertiary/aromatic N) is 1. The zero-order chi connectivity index (χ0) is 17.5. The van der Waals surface area contributed by atoms with E-state index in [1.807, 2.05) is 43.3 Å². The second-order valence-corrected chi connectivity index (χ2v) is 8.41. The van der Waals surface area contributed by atoms with E-state index in [4.69, 9.17) is 9.05 Å². The molecule has 0 saturated heterocycles. The molecule has 5 heteroatoms. The van der Waals surface area contributed by atoms with E-state index < -0.39 is 7.60 Å². The predicted octanol–water partition coefficient (Wildman–Crippen LogP) is 3.83. The molecule has 0 aliphatic carbocycles. The van der Waals surface area contributed by atoms with Crippen LogP contribution in [0.1, 0.15) is 12.5 Å². The van der Waals surface area contributed by atoms with Crippen LogP contribution in [-0.4, -0.2) is 38.3 Å². The van der Waals surface area contributed by atoms with Crippen LogP contribution in [0.25, 0.3) is 0 Å². The molecule has 0 radical (unpaired) electrons. The van der Waals surface area contributed by atoms with Gasteiger partial charge in [-0.2, -0.15) is 0 Å². The molecular weight excluding hydrogens is 321 g/mol. The lowest BCUT2D eigenvalue weighted by molar-refractivity contribution is -0.903. The first-order chi connectivity index (χ1) is 11.5. The number of hydrogen-bond donors (Lipinski definition) is 0. The Labute approximate surface area is 145 Å². The molecule has 0 heterocycles. The summed E-state index contributed by atoms with van der Waals surface area (Å²) in [6.45, 7) is 4.21. The standard InChI is InChI=1S/C19H27NO3P/c1-4-22-24(21,19-13-9-6-10-14-19)23-16-15-20(2,3)17-18-11-7-5-8-12-18/h5-14H,4,15-17H2,1-3H3/q+1. The van der Waals surface area contributed by atoms with Crippen molar-refractivity contribution in [3.05, 3.63) is 66.2 Å². The highest BCUT2D eigenvalue weighted by Gasteiger charge is 2.28. The quantitative estimate of drug-likeness (QED) is 0.510. The predicted molar refractivity (Wildman–Crippen MR) is 98.4 cm³/mol. The molecule has 0 spiro atoms. The van der Waals surface area contributed by atoms with Gasteiger partial charge < -0.3 is 9.01 Å². The van der Waals surface area contributed by atoms with Crippen LogP contribution in [0.4, 0.5) is 0 Å². The number of hydrogen-bond acceptors (Lipinski definition) is 3. The van der Waals surface area contributed by atoms with E-state index in [-0.39, 0.29) is 0 Å². The summed E-state index contributed by atoms with van der Waals surface area (Å²) in [5, 5.41) is 0.611. The van der Waals surface area contributed by atoms with Crippen molar-refractivity contribution in [1.29, 1.82) is 0 Å². The summed E-state index contributed by atoms with van der Waals surface area (Å²) >= 11 is 0.